The van der Waals surface area contributed by atoms with Gasteiger partial charge in [0.05, 0.1) is 19.2 Å². The molecule has 8 heteroatoms. The molecule has 1 fully saturated rings. The molecule has 30 heavy (non-hydrogen) atoms. The topological polar surface area (TPSA) is 74.8 Å². The van der Waals surface area contributed by atoms with Crippen LogP contribution in [0.1, 0.15) is 12.0 Å². The van der Waals surface area contributed by atoms with Gasteiger partial charge in [-0.1, -0.05) is 41.6 Å². The van der Waals surface area contributed by atoms with Crippen LogP contribution in [0.15, 0.2) is 59.7 Å². The van der Waals surface area contributed by atoms with Crippen LogP contribution in [0.25, 0.3) is 10.9 Å². The number of nitrogens with zero attached hydrogens (tertiary/aromatic N) is 2. The maximum absolute atomic E-state index is 13.0. The van der Waals surface area contributed by atoms with E-state index in [0.717, 1.165) is 22.2 Å². The fourth-order valence-corrected chi connectivity index (χ4v) is 4.71. The lowest BCUT2D eigenvalue weighted by molar-refractivity contribution is -0.142. The highest BCUT2D eigenvalue weighted by Crippen LogP contribution is 2.32. The van der Waals surface area contributed by atoms with E-state index in [0.29, 0.717) is 23.2 Å². The van der Waals surface area contributed by atoms with Crippen LogP contribution in [0.2, 0.25) is 5.02 Å². The third-order valence-corrected chi connectivity index (χ3v) is 6.33. The van der Waals surface area contributed by atoms with Crippen molar-refractivity contribution in [2.45, 2.75) is 18.1 Å². The second kappa shape index (κ2) is 8.93. The van der Waals surface area contributed by atoms with Crippen molar-refractivity contribution in [3.63, 3.8) is 0 Å². The number of thioether (sulfide) groups is 1. The molecule has 1 N–H and O–H groups in total. The van der Waals surface area contributed by atoms with Crippen LogP contribution in [0.5, 0.6) is 0 Å². The summed E-state index contributed by atoms with van der Waals surface area (Å²) < 4.78 is 4.75. The molecule has 3 aromatic rings. The summed E-state index contributed by atoms with van der Waals surface area (Å²) in [7, 11) is 1.32. The number of rotatable bonds is 6. The molecule has 0 saturated carbocycles. The third-order valence-electron chi connectivity index (χ3n) is 4.91. The number of carbonyl (C=O) groups excluding carboxylic acids is 2. The number of aromatic nitrogens is 1. The van der Waals surface area contributed by atoms with Crippen LogP contribution < -0.4 is 0 Å². The lowest BCUT2D eigenvalue weighted by atomic mass is 10.1. The number of carbonyl (C=O) groups is 2. The Kier molecular flexibility index (Phi) is 6.11. The quantitative estimate of drug-likeness (QED) is 0.569. The highest BCUT2D eigenvalue weighted by Gasteiger charge is 2.39. The molecule has 4 rings (SSSR count). The van der Waals surface area contributed by atoms with E-state index >= 15 is 0 Å². The normalized spacial score (nSPS) is 17.8. The van der Waals surface area contributed by atoms with Gasteiger partial charge in [0.1, 0.15) is 5.25 Å². The minimum absolute atomic E-state index is 0.0208. The molecule has 1 atom stereocenters. The molecule has 2 aromatic carbocycles. The van der Waals surface area contributed by atoms with E-state index in [1.54, 1.807) is 4.90 Å². The number of H-pyrrole nitrogens is 1. The molecule has 0 bridgehead atoms. The zero-order valence-electron chi connectivity index (χ0n) is 16.3. The van der Waals surface area contributed by atoms with Gasteiger partial charge in [0, 0.05) is 28.7 Å². The highest BCUT2D eigenvalue weighted by atomic mass is 35.5. The number of aromatic amines is 1. The number of amidine groups is 1. The first-order chi connectivity index (χ1) is 14.5. The van der Waals surface area contributed by atoms with Crippen molar-refractivity contribution in [1.82, 2.24) is 9.88 Å². The van der Waals surface area contributed by atoms with Gasteiger partial charge in [0.15, 0.2) is 5.17 Å². The Morgan fingerprint density at radius 3 is 2.83 bits per heavy atom. The first-order valence-corrected chi connectivity index (χ1v) is 10.7. The predicted octanol–water partition coefficient (Wildman–Crippen LogP) is 4.56. The van der Waals surface area contributed by atoms with Gasteiger partial charge < -0.3 is 9.72 Å². The molecule has 1 aliphatic heterocycles. The van der Waals surface area contributed by atoms with Crippen LogP contribution in [0.3, 0.4) is 0 Å². The monoisotopic (exact) mass is 441 g/mol. The van der Waals surface area contributed by atoms with E-state index in [4.69, 9.17) is 16.3 Å². The van der Waals surface area contributed by atoms with Crippen LogP contribution in [0.4, 0.5) is 5.69 Å². The van der Waals surface area contributed by atoms with Gasteiger partial charge in [-0.3, -0.25) is 14.5 Å². The maximum Gasteiger partial charge on any atom is 0.307 e. The number of ether oxygens (including phenoxy) is 1. The van der Waals surface area contributed by atoms with Gasteiger partial charge in [-0.25, -0.2) is 4.99 Å². The SMILES string of the molecule is COC(=O)CC1SC(=Nc2ccccc2)N(CCc2c[nH]c3ccc(Cl)cc23)C1=O. The molecule has 0 aliphatic carbocycles. The lowest BCUT2D eigenvalue weighted by Crippen LogP contribution is -2.34. The number of fused-ring (bicyclic) bond motifs is 1. The van der Waals surface area contributed by atoms with Crippen LogP contribution in [0, 0.1) is 0 Å². The second-order valence-corrected chi connectivity index (χ2v) is 8.47. The number of hydrogen-bond donors (Lipinski definition) is 1. The predicted molar refractivity (Wildman–Crippen MR) is 120 cm³/mol. The van der Waals surface area contributed by atoms with Crippen LogP contribution >= 0.6 is 23.4 Å². The van der Waals surface area contributed by atoms with Gasteiger partial charge in [0.25, 0.3) is 0 Å². The van der Waals surface area contributed by atoms with Crippen molar-refractivity contribution >= 4 is 57.0 Å². The van der Waals surface area contributed by atoms with E-state index in [9.17, 15) is 9.59 Å². The first-order valence-electron chi connectivity index (χ1n) is 9.49. The zero-order valence-corrected chi connectivity index (χ0v) is 17.9. The Labute approximate surface area is 183 Å². The summed E-state index contributed by atoms with van der Waals surface area (Å²) in [6.07, 6.45) is 2.59. The number of methoxy groups -OCH3 is 1. The average molecular weight is 442 g/mol. The van der Waals surface area contributed by atoms with Crippen LogP contribution in [-0.2, 0) is 20.7 Å². The molecule has 0 spiro atoms. The molecule has 1 aliphatic rings. The van der Waals surface area contributed by atoms with Crippen molar-refractivity contribution in [2.24, 2.45) is 4.99 Å². The molecule has 1 unspecified atom stereocenters. The average Bonchev–Trinajstić information content (AvgIpc) is 3.27. The van der Waals surface area contributed by atoms with Gasteiger partial charge in [0.2, 0.25) is 5.91 Å². The highest BCUT2D eigenvalue weighted by molar-refractivity contribution is 8.15. The number of esters is 1. The molecular weight excluding hydrogens is 422 g/mol. The van der Waals surface area contributed by atoms with Crippen molar-refractivity contribution in [1.29, 1.82) is 0 Å². The van der Waals surface area contributed by atoms with E-state index in [2.05, 4.69) is 9.98 Å². The molecule has 154 valence electrons. The van der Waals surface area contributed by atoms with Gasteiger partial charge in [-0.2, -0.15) is 0 Å². The fourth-order valence-electron chi connectivity index (χ4n) is 3.37. The molecule has 1 saturated heterocycles. The number of halogens is 1. The van der Waals surface area contributed by atoms with E-state index in [1.165, 1.54) is 18.9 Å². The second-order valence-electron chi connectivity index (χ2n) is 6.86. The van der Waals surface area contributed by atoms with Crippen molar-refractivity contribution in [3.8, 4) is 0 Å². The summed E-state index contributed by atoms with van der Waals surface area (Å²) in [5, 5.41) is 1.77. The molecule has 1 amide bonds. The molecular formula is C22H20ClN3O3S. The lowest BCUT2D eigenvalue weighted by Gasteiger charge is -2.16. The molecule has 1 aromatic heterocycles. The van der Waals surface area contributed by atoms with Crippen molar-refractivity contribution < 1.29 is 14.3 Å². The number of benzene rings is 2. The molecule has 0 radical (unpaired) electrons. The summed E-state index contributed by atoms with van der Waals surface area (Å²) in [5.74, 6) is -0.536. The van der Waals surface area contributed by atoms with E-state index < -0.39 is 11.2 Å². The summed E-state index contributed by atoms with van der Waals surface area (Å²) >= 11 is 7.45. The Hall–Kier alpha value is -2.77. The number of nitrogens with one attached hydrogen (secondary N) is 1. The first kappa shape index (κ1) is 20.5. The Morgan fingerprint density at radius 1 is 1.27 bits per heavy atom. The standard InChI is InChI=1S/C22H20ClN3O3S/c1-29-20(27)12-19-21(28)26(22(30-19)25-16-5-3-2-4-6-16)10-9-14-13-24-18-8-7-15(23)11-17(14)18/h2-8,11,13,19,24H,9-10,12H2,1H3. The number of aliphatic imine (C=N–C) groups is 1. The number of hydrogen-bond acceptors (Lipinski definition) is 5. The number of amides is 1. The minimum atomic E-state index is -0.530. The Morgan fingerprint density at radius 2 is 2.07 bits per heavy atom. The Balaban J connectivity index is 1.58. The maximum atomic E-state index is 13.0. The zero-order chi connectivity index (χ0) is 21.1. The summed E-state index contributed by atoms with van der Waals surface area (Å²) in [6, 6.07) is 15.2. The van der Waals surface area contributed by atoms with Gasteiger partial charge in [-0.05, 0) is 42.3 Å². The minimum Gasteiger partial charge on any atom is -0.469 e. The number of para-hydroxylation sites is 1. The van der Waals surface area contributed by atoms with Crippen LogP contribution in [-0.4, -0.2) is 45.8 Å². The smallest absolute Gasteiger partial charge is 0.307 e. The molecule has 6 nitrogen and oxygen atoms in total. The summed E-state index contributed by atoms with van der Waals surface area (Å²) in [4.78, 5) is 34.3. The Bertz CT molecular complexity index is 1110. The van der Waals surface area contributed by atoms with Crippen molar-refractivity contribution in [3.05, 3.63) is 65.3 Å². The van der Waals surface area contributed by atoms with E-state index in [1.807, 2.05) is 54.7 Å². The fraction of sp³-hybridized carbons (Fsp3) is 0.227. The van der Waals surface area contributed by atoms with Gasteiger partial charge >= 0.3 is 5.97 Å². The largest absolute Gasteiger partial charge is 0.469 e. The van der Waals surface area contributed by atoms with Crippen molar-refractivity contribution in [2.75, 3.05) is 13.7 Å². The summed E-state index contributed by atoms with van der Waals surface area (Å²) in [5.41, 5.74) is 2.83. The molecule has 2 heterocycles. The summed E-state index contributed by atoms with van der Waals surface area (Å²) in [6.45, 7) is 0.453. The third kappa shape index (κ3) is 4.37. The van der Waals surface area contributed by atoms with Gasteiger partial charge in [-0.15, -0.1) is 0 Å². The van der Waals surface area contributed by atoms with E-state index in [-0.39, 0.29) is 12.3 Å².